The van der Waals surface area contributed by atoms with Crippen LogP contribution in [0, 0.1) is 6.92 Å². The molecule has 2 aromatic rings. The number of hydrogen-bond donors (Lipinski definition) is 0. The van der Waals surface area contributed by atoms with Gasteiger partial charge in [0.1, 0.15) is 6.10 Å². The molecule has 0 unspecified atom stereocenters. The smallest absolute Gasteiger partial charge is 0.310 e. The number of aryl methyl sites for hydroxylation is 1. The Morgan fingerprint density at radius 2 is 1.68 bits per heavy atom. The third-order valence-electron chi connectivity index (χ3n) is 3.05. The lowest BCUT2D eigenvalue weighted by atomic mass is 10.1. The van der Waals surface area contributed by atoms with E-state index in [1.54, 1.807) is 0 Å². The first kappa shape index (κ1) is 13.3. The van der Waals surface area contributed by atoms with Gasteiger partial charge in [-0.2, -0.15) is 0 Å². The Morgan fingerprint density at radius 3 is 2.32 bits per heavy atom. The van der Waals surface area contributed by atoms with Crippen molar-refractivity contribution in [2.75, 3.05) is 0 Å². The molecular formula is C17H18O2. The summed E-state index contributed by atoms with van der Waals surface area (Å²) < 4.78 is 5.44. The third kappa shape index (κ3) is 3.95. The second-order valence-corrected chi connectivity index (χ2v) is 4.71. The van der Waals surface area contributed by atoms with E-state index in [-0.39, 0.29) is 12.1 Å². The van der Waals surface area contributed by atoms with Crippen molar-refractivity contribution in [3.63, 3.8) is 0 Å². The number of rotatable bonds is 4. The number of carbonyl (C=O) groups excluding carboxylic acids is 1. The molecular weight excluding hydrogens is 236 g/mol. The lowest BCUT2D eigenvalue weighted by Crippen LogP contribution is -2.11. The maximum absolute atomic E-state index is 11.8. The lowest BCUT2D eigenvalue weighted by molar-refractivity contribution is -0.147. The fourth-order valence-electron chi connectivity index (χ4n) is 1.91. The van der Waals surface area contributed by atoms with Crippen LogP contribution in [0.2, 0.25) is 0 Å². The highest BCUT2D eigenvalue weighted by atomic mass is 16.5. The van der Waals surface area contributed by atoms with Gasteiger partial charge in [-0.15, -0.1) is 0 Å². The largest absolute Gasteiger partial charge is 0.458 e. The molecule has 0 radical (unpaired) electrons. The SMILES string of the molecule is Cc1ccc([C@H](C)OC(=O)Cc2ccccc2)cc1. The van der Waals surface area contributed by atoms with E-state index in [1.807, 2.05) is 68.4 Å². The van der Waals surface area contributed by atoms with Crippen molar-refractivity contribution >= 4 is 5.97 Å². The molecule has 2 heteroatoms. The zero-order valence-corrected chi connectivity index (χ0v) is 11.3. The van der Waals surface area contributed by atoms with Gasteiger partial charge in [0, 0.05) is 0 Å². The van der Waals surface area contributed by atoms with Crippen molar-refractivity contribution in [2.45, 2.75) is 26.4 Å². The summed E-state index contributed by atoms with van der Waals surface area (Å²) in [5.41, 5.74) is 3.20. The fraction of sp³-hybridized carbons (Fsp3) is 0.235. The van der Waals surface area contributed by atoms with E-state index in [9.17, 15) is 4.79 Å². The standard InChI is InChI=1S/C17H18O2/c1-13-8-10-16(11-9-13)14(2)19-17(18)12-15-6-4-3-5-7-15/h3-11,14H,12H2,1-2H3/t14-/m0/s1. The van der Waals surface area contributed by atoms with Gasteiger partial charge in [-0.3, -0.25) is 4.79 Å². The van der Waals surface area contributed by atoms with Crippen LogP contribution in [0.4, 0.5) is 0 Å². The summed E-state index contributed by atoms with van der Waals surface area (Å²) in [7, 11) is 0. The van der Waals surface area contributed by atoms with Crippen LogP contribution < -0.4 is 0 Å². The summed E-state index contributed by atoms with van der Waals surface area (Å²) in [6.45, 7) is 3.93. The molecule has 1 atom stereocenters. The van der Waals surface area contributed by atoms with Gasteiger partial charge in [0.25, 0.3) is 0 Å². The van der Waals surface area contributed by atoms with Gasteiger partial charge < -0.3 is 4.74 Å². The Labute approximate surface area is 114 Å². The van der Waals surface area contributed by atoms with E-state index in [0.29, 0.717) is 6.42 Å². The van der Waals surface area contributed by atoms with E-state index in [1.165, 1.54) is 5.56 Å². The van der Waals surface area contributed by atoms with Crippen LogP contribution in [0.3, 0.4) is 0 Å². The first-order valence-corrected chi connectivity index (χ1v) is 6.45. The monoisotopic (exact) mass is 254 g/mol. The van der Waals surface area contributed by atoms with Crippen molar-refractivity contribution in [3.05, 3.63) is 71.3 Å². The Kier molecular flexibility index (Phi) is 4.35. The molecule has 0 fully saturated rings. The summed E-state index contributed by atoms with van der Waals surface area (Å²) in [4.78, 5) is 11.8. The molecule has 0 bridgehead atoms. The van der Waals surface area contributed by atoms with Crippen LogP contribution in [-0.4, -0.2) is 5.97 Å². The minimum Gasteiger partial charge on any atom is -0.458 e. The molecule has 0 aliphatic heterocycles. The molecule has 0 aliphatic rings. The van der Waals surface area contributed by atoms with Crippen molar-refractivity contribution in [1.82, 2.24) is 0 Å². The Hall–Kier alpha value is -2.09. The summed E-state index contributed by atoms with van der Waals surface area (Å²) in [5, 5.41) is 0. The number of carbonyl (C=O) groups is 1. The molecule has 2 nitrogen and oxygen atoms in total. The molecule has 0 N–H and O–H groups in total. The fourth-order valence-corrected chi connectivity index (χ4v) is 1.91. The average molecular weight is 254 g/mol. The lowest BCUT2D eigenvalue weighted by Gasteiger charge is -2.14. The van der Waals surface area contributed by atoms with Gasteiger partial charge in [-0.1, -0.05) is 60.2 Å². The highest BCUT2D eigenvalue weighted by molar-refractivity contribution is 5.72. The maximum atomic E-state index is 11.8. The summed E-state index contributed by atoms with van der Waals surface area (Å²) >= 11 is 0. The molecule has 0 saturated carbocycles. The van der Waals surface area contributed by atoms with Crippen molar-refractivity contribution in [1.29, 1.82) is 0 Å². The van der Waals surface area contributed by atoms with Crippen molar-refractivity contribution in [2.24, 2.45) is 0 Å². The topological polar surface area (TPSA) is 26.3 Å². The normalized spacial score (nSPS) is 11.9. The highest BCUT2D eigenvalue weighted by Gasteiger charge is 2.11. The zero-order valence-electron chi connectivity index (χ0n) is 11.3. The van der Waals surface area contributed by atoms with Gasteiger partial charge in [0.2, 0.25) is 0 Å². The first-order chi connectivity index (χ1) is 9.15. The number of benzene rings is 2. The van der Waals surface area contributed by atoms with E-state index in [4.69, 9.17) is 4.74 Å². The van der Waals surface area contributed by atoms with E-state index in [2.05, 4.69) is 0 Å². The van der Waals surface area contributed by atoms with Gasteiger partial charge in [-0.05, 0) is 25.0 Å². The molecule has 19 heavy (non-hydrogen) atoms. The van der Waals surface area contributed by atoms with Gasteiger partial charge in [0.15, 0.2) is 0 Å². The van der Waals surface area contributed by atoms with E-state index >= 15 is 0 Å². The second-order valence-electron chi connectivity index (χ2n) is 4.71. The molecule has 0 heterocycles. The van der Waals surface area contributed by atoms with Crippen LogP contribution in [0.5, 0.6) is 0 Å². The molecule has 0 aliphatic carbocycles. The number of ether oxygens (including phenoxy) is 1. The van der Waals surface area contributed by atoms with Crippen LogP contribution in [-0.2, 0) is 16.0 Å². The molecule has 0 spiro atoms. The zero-order chi connectivity index (χ0) is 13.7. The molecule has 0 amide bonds. The molecule has 0 aromatic heterocycles. The van der Waals surface area contributed by atoms with Crippen molar-refractivity contribution in [3.8, 4) is 0 Å². The quantitative estimate of drug-likeness (QED) is 0.775. The molecule has 2 aromatic carbocycles. The Morgan fingerprint density at radius 1 is 1.05 bits per heavy atom. The van der Waals surface area contributed by atoms with Gasteiger partial charge >= 0.3 is 5.97 Å². The third-order valence-corrected chi connectivity index (χ3v) is 3.05. The minimum absolute atomic E-state index is 0.195. The second kappa shape index (κ2) is 6.19. The number of hydrogen-bond acceptors (Lipinski definition) is 2. The highest BCUT2D eigenvalue weighted by Crippen LogP contribution is 2.18. The van der Waals surface area contributed by atoms with Crippen LogP contribution >= 0.6 is 0 Å². The van der Waals surface area contributed by atoms with Gasteiger partial charge in [0.05, 0.1) is 6.42 Å². The summed E-state index contributed by atoms with van der Waals surface area (Å²) in [6.07, 6.45) is 0.105. The van der Waals surface area contributed by atoms with Gasteiger partial charge in [-0.25, -0.2) is 0 Å². The Bertz CT molecular complexity index is 529. The predicted molar refractivity (Wildman–Crippen MR) is 75.8 cm³/mol. The van der Waals surface area contributed by atoms with Crippen LogP contribution in [0.15, 0.2) is 54.6 Å². The average Bonchev–Trinajstić information content (AvgIpc) is 2.40. The van der Waals surface area contributed by atoms with E-state index in [0.717, 1.165) is 11.1 Å². The molecule has 98 valence electrons. The summed E-state index contributed by atoms with van der Waals surface area (Å²) in [5.74, 6) is -0.195. The number of esters is 1. The molecule has 2 rings (SSSR count). The van der Waals surface area contributed by atoms with E-state index < -0.39 is 0 Å². The molecule has 0 saturated heterocycles. The minimum atomic E-state index is -0.211. The maximum Gasteiger partial charge on any atom is 0.310 e. The van der Waals surface area contributed by atoms with Crippen LogP contribution in [0.25, 0.3) is 0 Å². The Balaban J connectivity index is 1.93. The predicted octanol–water partition coefficient (Wildman–Crippen LogP) is 3.84. The van der Waals surface area contributed by atoms with Crippen LogP contribution in [0.1, 0.15) is 29.7 Å². The van der Waals surface area contributed by atoms with Crippen molar-refractivity contribution < 1.29 is 9.53 Å². The first-order valence-electron chi connectivity index (χ1n) is 6.45. The summed E-state index contributed by atoms with van der Waals surface area (Å²) in [6, 6.07) is 17.7.